The van der Waals surface area contributed by atoms with Crippen LogP contribution in [0.15, 0.2) is 18.2 Å². The minimum atomic E-state index is -0.180. The van der Waals surface area contributed by atoms with Crippen molar-refractivity contribution in [3.8, 4) is 0 Å². The van der Waals surface area contributed by atoms with Crippen LogP contribution < -0.4 is 10.6 Å². The molecule has 1 saturated carbocycles. The molecule has 0 aromatic heterocycles. The standard InChI is InChI=1S/C14H18Cl2N2O.ClH/c1-8(12-6-3-10(15)7-13(12)16)18-14(19)9(2)17-11-4-5-11;/h3,6-9,11,17H,4-5H2,1-2H3,(H,18,19);1H. The fraction of sp³-hybridized carbons (Fsp3) is 0.500. The molecule has 20 heavy (non-hydrogen) atoms. The number of benzene rings is 1. The van der Waals surface area contributed by atoms with Gasteiger partial charge in [-0.2, -0.15) is 0 Å². The van der Waals surface area contributed by atoms with Gasteiger partial charge in [-0.25, -0.2) is 0 Å². The van der Waals surface area contributed by atoms with Gasteiger partial charge in [0, 0.05) is 16.1 Å². The minimum Gasteiger partial charge on any atom is -0.348 e. The number of carbonyl (C=O) groups is 1. The van der Waals surface area contributed by atoms with Gasteiger partial charge in [-0.3, -0.25) is 4.79 Å². The molecular weight excluding hydrogens is 319 g/mol. The van der Waals surface area contributed by atoms with Gasteiger partial charge in [-0.15, -0.1) is 12.4 Å². The Balaban J connectivity index is 0.00000200. The van der Waals surface area contributed by atoms with Crippen LogP contribution in [-0.2, 0) is 4.79 Å². The summed E-state index contributed by atoms with van der Waals surface area (Å²) in [5.41, 5.74) is 0.873. The van der Waals surface area contributed by atoms with E-state index in [1.807, 2.05) is 19.9 Å². The molecule has 3 nitrogen and oxygen atoms in total. The fourth-order valence-corrected chi connectivity index (χ4v) is 2.52. The molecule has 2 rings (SSSR count). The Bertz CT molecular complexity index is 477. The van der Waals surface area contributed by atoms with Crippen molar-refractivity contribution in [1.82, 2.24) is 10.6 Å². The molecule has 0 heterocycles. The number of rotatable bonds is 5. The van der Waals surface area contributed by atoms with Crippen molar-refractivity contribution in [2.75, 3.05) is 0 Å². The predicted molar refractivity (Wildman–Crippen MR) is 85.9 cm³/mol. The van der Waals surface area contributed by atoms with Gasteiger partial charge in [-0.05, 0) is 44.4 Å². The molecule has 1 aromatic carbocycles. The average molecular weight is 338 g/mol. The molecule has 1 amide bonds. The third kappa shape index (κ3) is 4.81. The van der Waals surface area contributed by atoms with Crippen LogP contribution in [0.3, 0.4) is 0 Å². The number of carbonyl (C=O) groups excluding carboxylic acids is 1. The first-order chi connectivity index (χ1) is 8.97. The Kier molecular flexibility index (Phi) is 6.59. The number of nitrogens with one attached hydrogen (secondary N) is 2. The summed E-state index contributed by atoms with van der Waals surface area (Å²) in [6, 6.07) is 5.50. The van der Waals surface area contributed by atoms with Gasteiger partial charge in [-0.1, -0.05) is 29.3 Å². The zero-order chi connectivity index (χ0) is 14.0. The lowest BCUT2D eigenvalue weighted by atomic mass is 10.1. The normalized spacial score (nSPS) is 17.0. The summed E-state index contributed by atoms with van der Waals surface area (Å²) in [4.78, 5) is 12.0. The molecule has 2 atom stereocenters. The zero-order valence-electron chi connectivity index (χ0n) is 11.5. The second-order valence-electron chi connectivity index (χ2n) is 5.06. The Morgan fingerprint density at radius 1 is 1.30 bits per heavy atom. The van der Waals surface area contributed by atoms with E-state index in [4.69, 9.17) is 23.2 Å². The van der Waals surface area contributed by atoms with E-state index in [0.717, 1.165) is 18.4 Å². The average Bonchev–Trinajstić information content (AvgIpc) is 3.12. The molecule has 0 radical (unpaired) electrons. The van der Waals surface area contributed by atoms with E-state index >= 15 is 0 Å². The Hall–Kier alpha value is -0.480. The largest absolute Gasteiger partial charge is 0.348 e. The molecule has 1 aliphatic carbocycles. The Labute approximate surface area is 135 Å². The highest BCUT2D eigenvalue weighted by Gasteiger charge is 2.26. The van der Waals surface area contributed by atoms with E-state index in [-0.39, 0.29) is 30.4 Å². The summed E-state index contributed by atoms with van der Waals surface area (Å²) in [6.45, 7) is 3.79. The first-order valence-corrected chi connectivity index (χ1v) is 7.24. The molecule has 0 bridgehead atoms. The van der Waals surface area contributed by atoms with Gasteiger partial charge in [0.05, 0.1) is 12.1 Å². The molecule has 0 spiro atoms. The summed E-state index contributed by atoms with van der Waals surface area (Å²) in [5, 5.41) is 7.39. The third-order valence-electron chi connectivity index (χ3n) is 3.24. The highest BCUT2D eigenvalue weighted by molar-refractivity contribution is 6.35. The van der Waals surface area contributed by atoms with Gasteiger partial charge >= 0.3 is 0 Å². The van der Waals surface area contributed by atoms with Crippen molar-refractivity contribution in [2.24, 2.45) is 0 Å². The van der Waals surface area contributed by atoms with E-state index in [0.29, 0.717) is 16.1 Å². The highest BCUT2D eigenvalue weighted by atomic mass is 35.5. The number of hydrogen-bond donors (Lipinski definition) is 2. The molecule has 112 valence electrons. The predicted octanol–water partition coefficient (Wildman–Crippen LogP) is 3.73. The van der Waals surface area contributed by atoms with Gasteiger partial charge in [0.25, 0.3) is 0 Å². The van der Waals surface area contributed by atoms with E-state index in [9.17, 15) is 4.79 Å². The first kappa shape index (κ1) is 17.6. The van der Waals surface area contributed by atoms with E-state index in [1.54, 1.807) is 12.1 Å². The molecule has 2 N–H and O–H groups in total. The second-order valence-corrected chi connectivity index (χ2v) is 5.90. The molecular formula is C14H19Cl3N2O. The molecule has 6 heteroatoms. The number of hydrogen-bond acceptors (Lipinski definition) is 2. The van der Waals surface area contributed by atoms with E-state index in [2.05, 4.69) is 10.6 Å². The van der Waals surface area contributed by atoms with Crippen LogP contribution in [0, 0.1) is 0 Å². The highest BCUT2D eigenvalue weighted by Crippen LogP contribution is 2.26. The topological polar surface area (TPSA) is 41.1 Å². The molecule has 2 unspecified atom stereocenters. The van der Waals surface area contributed by atoms with Crippen LogP contribution in [0.2, 0.25) is 10.0 Å². The molecule has 1 fully saturated rings. The van der Waals surface area contributed by atoms with Crippen LogP contribution in [0.4, 0.5) is 0 Å². The van der Waals surface area contributed by atoms with Crippen molar-refractivity contribution in [2.45, 2.75) is 44.8 Å². The summed E-state index contributed by atoms with van der Waals surface area (Å²) in [5.74, 6) is -0.00887. The third-order valence-corrected chi connectivity index (χ3v) is 3.81. The summed E-state index contributed by atoms with van der Waals surface area (Å²) in [6.07, 6.45) is 2.33. The molecule has 1 aromatic rings. The van der Waals surface area contributed by atoms with Crippen LogP contribution in [0.1, 0.15) is 38.3 Å². The van der Waals surface area contributed by atoms with Crippen molar-refractivity contribution >= 4 is 41.5 Å². The summed E-state index contributed by atoms with van der Waals surface area (Å²) in [7, 11) is 0. The molecule has 0 saturated heterocycles. The van der Waals surface area contributed by atoms with E-state index in [1.165, 1.54) is 0 Å². The lowest BCUT2D eigenvalue weighted by Gasteiger charge is -2.19. The van der Waals surface area contributed by atoms with E-state index < -0.39 is 0 Å². The van der Waals surface area contributed by atoms with Gasteiger partial charge in [0.1, 0.15) is 0 Å². The maximum Gasteiger partial charge on any atom is 0.237 e. The Morgan fingerprint density at radius 3 is 2.50 bits per heavy atom. The van der Waals surface area contributed by atoms with Crippen LogP contribution in [0.25, 0.3) is 0 Å². The minimum absolute atomic E-state index is 0. The van der Waals surface area contributed by atoms with Crippen molar-refractivity contribution < 1.29 is 4.79 Å². The maximum absolute atomic E-state index is 12.0. The molecule has 1 aliphatic rings. The summed E-state index contributed by atoms with van der Waals surface area (Å²) >= 11 is 12.0. The van der Waals surface area contributed by atoms with Gasteiger partial charge < -0.3 is 10.6 Å². The smallest absolute Gasteiger partial charge is 0.237 e. The van der Waals surface area contributed by atoms with Crippen molar-refractivity contribution in [3.63, 3.8) is 0 Å². The van der Waals surface area contributed by atoms with Crippen molar-refractivity contribution in [1.29, 1.82) is 0 Å². The monoisotopic (exact) mass is 336 g/mol. The Morgan fingerprint density at radius 2 is 1.95 bits per heavy atom. The van der Waals surface area contributed by atoms with Crippen LogP contribution in [-0.4, -0.2) is 18.0 Å². The lowest BCUT2D eigenvalue weighted by molar-refractivity contribution is -0.123. The number of amides is 1. The summed E-state index contributed by atoms with van der Waals surface area (Å²) < 4.78 is 0. The van der Waals surface area contributed by atoms with Gasteiger partial charge in [0.15, 0.2) is 0 Å². The second kappa shape index (κ2) is 7.51. The SMILES string of the molecule is CC(NC1CC1)C(=O)NC(C)c1ccc(Cl)cc1Cl.Cl. The first-order valence-electron chi connectivity index (χ1n) is 6.48. The lowest BCUT2D eigenvalue weighted by Crippen LogP contribution is -2.43. The van der Waals surface area contributed by atoms with Crippen molar-refractivity contribution in [3.05, 3.63) is 33.8 Å². The fourth-order valence-electron chi connectivity index (χ4n) is 1.95. The maximum atomic E-state index is 12.0. The van der Waals surface area contributed by atoms with Crippen LogP contribution >= 0.6 is 35.6 Å². The molecule has 0 aliphatic heterocycles. The number of halogens is 3. The zero-order valence-corrected chi connectivity index (χ0v) is 13.8. The van der Waals surface area contributed by atoms with Gasteiger partial charge in [0.2, 0.25) is 5.91 Å². The quantitative estimate of drug-likeness (QED) is 0.859. The van der Waals surface area contributed by atoms with Crippen LogP contribution in [0.5, 0.6) is 0 Å².